The van der Waals surface area contributed by atoms with Gasteiger partial charge in [-0.25, -0.2) is 0 Å². The fraction of sp³-hybridized carbons (Fsp3) is 0.500. The number of ether oxygens (including phenoxy) is 2. The number of hydrogen-bond acceptors (Lipinski definition) is 4. The van der Waals surface area contributed by atoms with Crippen molar-refractivity contribution in [1.29, 1.82) is 0 Å². The summed E-state index contributed by atoms with van der Waals surface area (Å²) in [5.41, 5.74) is 0.549. The molecule has 110 valence electrons. The molecule has 1 fully saturated rings. The first-order valence-electron chi connectivity index (χ1n) is 6.58. The van der Waals surface area contributed by atoms with Gasteiger partial charge in [-0.1, -0.05) is 11.6 Å². The highest BCUT2D eigenvalue weighted by molar-refractivity contribution is 6.34. The van der Waals surface area contributed by atoms with Crippen molar-refractivity contribution in [1.82, 2.24) is 5.32 Å². The quantitative estimate of drug-likeness (QED) is 0.895. The fourth-order valence-electron chi connectivity index (χ4n) is 2.27. The maximum atomic E-state index is 12.2. The molecule has 5 nitrogen and oxygen atoms in total. The van der Waals surface area contributed by atoms with Gasteiger partial charge in [0.15, 0.2) is 11.5 Å². The Kier molecular flexibility index (Phi) is 5.09. The Morgan fingerprint density at radius 2 is 1.85 bits per heavy atom. The standard InChI is InChI=1S/C14H19ClN2O3/c1-19-12-7-10(15)11(8-13(12)20-2)17-14(18)9-3-5-16-6-4-9/h7-9,16H,3-6H2,1-2H3,(H,17,18). The summed E-state index contributed by atoms with van der Waals surface area (Å²) < 4.78 is 10.4. The van der Waals surface area contributed by atoms with Gasteiger partial charge in [-0.15, -0.1) is 0 Å². The zero-order chi connectivity index (χ0) is 14.5. The second-order valence-electron chi connectivity index (χ2n) is 4.70. The van der Waals surface area contributed by atoms with E-state index in [9.17, 15) is 4.79 Å². The normalized spacial score (nSPS) is 15.8. The lowest BCUT2D eigenvalue weighted by Crippen LogP contribution is -2.34. The van der Waals surface area contributed by atoms with Gasteiger partial charge in [0.05, 0.1) is 24.9 Å². The van der Waals surface area contributed by atoms with Gasteiger partial charge in [-0.05, 0) is 25.9 Å². The summed E-state index contributed by atoms with van der Waals surface area (Å²) in [7, 11) is 3.09. The molecule has 6 heteroatoms. The van der Waals surface area contributed by atoms with Crippen molar-refractivity contribution in [2.45, 2.75) is 12.8 Å². The predicted octanol–water partition coefficient (Wildman–Crippen LogP) is 2.30. The monoisotopic (exact) mass is 298 g/mol. The molecular weight excluding hydrogens is 280 g/mol. The molecule has 1 aliphatic rings. The SMILES string of the molecule is COc1cc(Cl)c(NC(=O)C2CCNCC2)cc1OC. The van der Waals surface area contributed by atoms with E-state index in [1.165, 1.54) is 0 Å². The topological polar surface area (TPSA) is 59.6 Å². The van der Waals surface area contributed by atoms with Gasteiger partial charge in [-0.3, -0.25) is 4.79 Å². The molecule has 0 aromatic heterocycles. The minimum absolute atomic E-state index is 0.000574. The summed E-state index contributed by atoms with van der Waals surface area (Å²) in [6, 6.07) is 3.32. The first-order valence-corrected chi connectivity index (χ1v) is 6.96. The summed E-state index contributed by atoms with van der Waals surface area (Å²) in [5.74, 6) is 1.11. The zero-order valence-corrected chi connectivity index (χ0v) is 12.4. The van der Waals surface area contributed by atoms with Crippen LogP contribution in [0.1, 0.15) is 12.8 Å². The number of hydrogen-bond donors (Lipinski definition) is 2. The average molecular weight is 299 g/mol. The highest BCUT2D eigenvalue weighted by Crippen LogP contribution is 2.36. The van der Waals surface area contributed by atoms with E-state index in [1.807, 2.05) is 0 Å². The highest BCUT2D eigenvalue weighted by Gasteiger charge is 2.22. The molecule has 2 rings (SSSR count). The molecule has 1 aromatic carbocycles. The molecule has 0 saturated carbocycles. The number of piperidine rings is 1. The van der Waals surface area contributed by atoms with Crippen molar-refractivity contribution in [2.24, 2.45) is 5.92 Å². The van der Waals surface area contributed by atoms with Crippen molar-refractivity contribution >= 4 is 23.2 Å². The van der Waals surface area contributed by atoms with Gasteiger partial charge in [-0.2, -0.15) is 0 Å². The van der Waals surface area contributed by atoms with Crippen molar-refractivity contribution < 1.29 is 14.3 Å². The van der Waals surface area contributed by atoms with Crippen molar-refractivity contribution in [3.05, 3.63) is 17.2 Å². The number of anilines is 1. The van der Waals surface area contributed by atoms with Gasteiger partial charge < -0.3 is 20.1 Å². The lowest BCUT2D eigenvalue weighted by atomic mass is 9.97. The van der Waals surface area contributed by atoms with Gasteiger partial charge in [0, 0.05) is 18.1 Å². The third kappa shape index (κ3) is 3.35. The Morgan fingerprint density at radius 3 is 2.45 bits per heavy atom. The van der Waals surface area contributed by atoms with Crippen LogP contribution in [0.15, 0.2) is 12.1 Å². The van der Waals surface area contributed by atoms with E-state index < -0.39 is 0 Å². The van der Waals surface area contributed by atoms with Crippen LogP contribution in [0.3, 0.4) is 0 Å². The van der Waals surface area contributed by atoms with Crippen LogP contribution in [-0.4, -0.2) is 33.2 Å². The number of benzene rings is 1. The summed E-state index contributed by atoms with van der Waals surface area (Å²) in [5, 5.41) is 6.54. The predicted molar refractivity (Wildman–Crippen MR) is 78.8 cm³/mol. The molecule has 0 unspecified atom stereocenters. The van der Waals surface area contributed by atoms with Crippen LogP contribution >= 0.6 is 11.6 Å². The van der Waals surface area contributed by atoms with Crippen LogP contribution in [-0.2, 0) is 4.79 Å². The molecule has 0 atom stereocenters. The van der Waals surface area contributed by atoms with Crippen LogP contribution in [0.4, 0.5) is 5.69 Å². The molecule has 1 saturated heterocycles. The summed E-state index contributed by atoms with van der Waals surface area (Å²) in [6.45, 7) is 1.75. The molecule has 0 bridgehead atoms. The van der Waals surface area contributed by atoms with Crippen LogP contribution in [0.5, 0.6) is 11.5 Å². The van der Waals surface area contributed by atoms with Crippen molar-refractivity contribution in [3.8, 4) is 11.5 Å². The smallest absolute Gasteiger partial charge is 0.227 e. The Hall–Kier alpha value is -1.46. The van der Waals surface area contributed by atoms with E-state index in [2.05, 4.69) is 10.6 Å². The second-order valence-corrected chi connectivity index (χ2v) is 5.11. The number of amides is 1. The maximum Gasteiger partial charge on any atom is 0.227 e. The van der Waals surface area contributed by atoms with Gasteiger partial charge in [0.1, 0.15) is 0 Å². The molecule has 0 spiro atoms. The van der Waals surface area contributed by atoms with Gasteiger partial charge >= 0.3 is 0 Å². The van der Waals surface area contributed by atoms with Crippen molar-refractivity contribution in [2.75, 3.05) is 32.6 Å². The highest BCUT2D eigenvalue weighted by atomic mass is 35.5. The lowest BCUT2D eigenvalue weighted by Gasteiger charge is -2.22. The van der Waals surface area contributed by atoms with Gasteiger partial charge in [0.2, 0.25) is 5.91 Å². The minimum Gasteiger partial charge on any atom is -0.493 e. The number of methoxy groups -OCH3 is 2. The van der Waals surface area contributed by atoms with E-state index in [4.69, 9.17) is 21.1 Å². The van der Waals surface area contributed by atoms with E-state index in [1.54, 1.807) is 26.4 Å². The van der Waals surface area contributed by atoms with Crippen LogP contribution in [0, 0.1) is 5.92 Å². The maximum absolute atomic E-state index is 12.2. The van der Waals surface area contributed by atoms with E-state index in [-0.39, 0.29) is 11.8 Å². The minimum atomic E-state index is 0.000574. The molecule has 1 amide bonds. The number of carbonyl (C=O) groups is 1. The first kappa shape index (κ1) is 14.9. The molecule has 0 aliphatic carbocycles. The lowest BCUT2D eigenvalue weighted by molar-refractivity contribution is -0.120. The summed E-state index contributed by atoms with van der Waals surface area (Å²) in [4.78, 5) is 12.2. The van der Waals surface area contributed by atoms with Gasteiger partial charge in [0.25, 0.3) is 0 Å². The number of carbonyl (C=O) groups excluding carboxylic acids is 1. The molecule has 1 aromatic rings. The molecule has 1 aliphatic heterocycles. The molecule has 0 radical (unpaired) electrons. The summed E-state index contributed by atoms with van der Waals surface area (Å²) >= 11 is 6.16. The van der Waals surface area contributed by atoms with Crippen LogP contribution in [0.25, 0.3) is 0 Å². The van der Waals surface area contributed by atoms with Crippen molar-refractivity contribution in [3.63, 3.8) is 0 Å². The van der Waals surface area contributed by atoms with E-state index >= 15 is 0 Å². The fourth-order valence-corrected chi connectivity index (χ4v) is 2.47. The number of rotatable bonds is 4. The molecular formula is C14H19ClN2O3. The number of halogens is 1. The zero-order valence-electron chi connectivity index (χ0n) is 11.7. The largest absolute Gasteiger partial charge is 0.493 e. The first-order chi connectivity index (χ1) is 9.65. The van der Waals surface area contributed by atoms with Crippen LogP contribution in [0.2, 0.25) is 5.02 Å². The second kappa shape index (κ2) is 6.81. The Balaban J connectivity index is 2.13. The van der Waals surface area contributed by atoms with E-state index in [0.29, 0.717) is 22.2 Å². The molecule has 1 heterocycles. The Morgan fingerprint density at radius 1 is 1.25 bits per heavy atom. The van der Waals surface area contributed by atoms with E-state index in [0.717, 1.165) is 25.9 Å². The third-order valence-corrected chi connectivity index (χ3v) is 3.75. The average Bonchev–Trinajstić information content (AvgIpc) is 2.49. The third-order valence-electron chi connectivity index (χ3n) is 3.44. The summed E-state index contributed by atoms with van der Waals surface area (Å²) in [6.07, 6.45) is 1.69. The molecule has 2 N–H and O–H groups in total. The number of nitrogens with one attached hydrogen (secondary N) is 2. The molecule has 20 heavy (non-hydrogen) atoms. The Bertz CT molecular complexity index is 488. The van der Waals surface area contributed by atoms with Crippen LogP contribution < -0.4 is 20.1 Å². The Labute approximate surface area is 123 Å².